The topological polar surface area (TPSA) is 72.2 Å². The summed E-state index contributed by atoms with van der Waals surface area (Å²) in [5.41, 5.74) is 2.65. The Labute approximate surface area is 113 Å². The van der Waals surface area contributed by atoms with E-state index in [1.165, 1.54) is 0 Å². The molecule has 0 radical (unpaired) electrons. The average molecular weight is 296 g/mol. The van der Waals surface area contributed by atoms with Crippen LogP contribution >= 0.6 is 0 Å². The first kappa shape index (κ1) is 15.1. The standard InChI is InChI=1S/C12H22F2N2O2S/c13-12(14)4-1-2-9(7-12)6-11(16-15)10-3-5-19(17,18)8-10/h9-11,16H,1-8,15H2. The van der Waals surface area contributed by atoms with Crippen LogP contribution in [0.25, 0.3) is 0 Å². The van der Waals surface area contributed by atoms with Crippen LogP contribution in [0.2, 0.25) is 0 Å². The van der Waals surface area contributed by atoms with Crippen molar-refractivity contribution in [3.8, 4) is 0 Å². The van der Waals surface area contributed by atoms with Crippen molar-refractivity contribution in [3.63, 3.8) is 0 Å². The number of nitrogens with two attached hydrogens (primary N) is 1. The van der Waals surface area contributed by atoms with Crippen molar-refractivity contribution in [2.24, 2.45) is 17.7 Å². The summed E-state index contributed by atoms with van der Waals surface area (Å²) in [7, 11) is -2.96. The first-order valence-electron chi connectivity index (χ1n) is 6.86. The van der Waals surface area contributed by atoms with E-state index in [2.05, 4.69) is 5.43 Å². The smallest absolute Gasteiger partial charge is 0.248 e. The Morgan fingerprint density at radius 2 is 2.11 bits per heavy atom. The monoisotopic (exact) mass is 296 g/mol. The molecule has 2 rings (SSSR count). The molecule has 3 atom stereocenters. The van der Waals surface area contributed by atoms with Crippen LogP contribution in [0.4, 0.5) is 8.78 Å². The van der Waals surface area contributed by atoms with Gasteiger partial charge >= 0.3 is 0 Å². The predicted octanol–water partition coefficient (Wildman–Crippen LogP) is 1.47. The SMILES string of the molecule is NNC(CC1CCCC(F)(F)C1)C1CCS(=O)(=O)C1. The van der Waals surface area contributed by atoms with Crippen molar-refractivity contribution in [2.75, 3.05) is 11.5 Å². The van der Waals surface area contributed by atoms with Crippen molar-refractivity contribution in [2.45, 2.75) is 50.5 Å². The summed E-state index contributed by atoms with van der Waals surface area (Å²) in [6.45, 7) is 0. The lowest BCUT2D eigenvalue weighted by Gasteiger charge is -2.32. The van der Waals surface area contributed by atoms with Crippen LogP contribution < -0.4 is 11.3 Å². The summed E-state index contributed by atoms with van der Waals surface area (Å²) in [4.78, 5) is 0. The predicted molar refractivity (Wildman–Crippen MR) is 69.4 cm³/mol. The highest BCUT2D eigenvalue weighted by Gasteiger charge is 2.39. The molecule has 0 aromatic rings. The van der Waals surface area contributed by atoms with Gasteiger partial charge in [0.15, 0.2) is 9.84 Å². The zero-order valence-electron chi connectivity index (χ0n) is 10.9. The lowest BCUT2D eigenvalue weighted by molar-refractivity contribution is -0.0554. The van der Waals surface area contributed by atoms with Gasteiger partial charge in [-0.3, -0.25) is 11.3 Å². The maximum absolute atomic E-state index is 13.4. The highest BCUT2D eigenvalue weighted by atomic mass is 32.2. The number of hydrogen-bond acceptors (Lipinski definition) is 4. The molecule has 0 aromatic heterocycles. The van der Waals surface area contributed by atoms with Crippen molar-refractivity contribution in [1.29, 1.82) is 0 Å². The van der Waals surface area contributed by atoms with Gasteiger partial charge in [0.25, 0.3) is 0 Å². The van der Waals surface area contributed by atoms with Crippen LogP contribution in [0.15, 0.2) is 0 Å². The molecular weight excluding hydrogens is 274 g/mol. The molecule has 19 heavy (non-hydrogen) atoms. The molecule has 3 N–H and O–H groups in total. The molecule has 1 saturated carbocycles. The highest BCUT2D eigenvalue weighted by Crippen LogP contribution is 2.39. The van der Waals surface area contributed by atoms with Crippen LogP contribution in [0.3, 0.4) is 0 Å². The van der Waals surface area contributed by atoms with Crippen LogP contribution in [0, 0.1) is 11.8 Å². The number of rotatable bonds is 4. The molecule has 7 heteroatoms. The van der Waals surface area contributed by atoms with E-state index < -0.39 is 15.8 Å². The van der Waals surface area contributed by atoms with Crippen LogP contribution in [-0.2, 0) is 9.84 Å². The average Bonchev–Trinajstić information content (AvgIpc) is 2.65. The van der Waals surface area contributed by atoms with Crippen molar-refractivity contribution < 1.29 is 17.2 Å². The first-order valence-corrected chi connectivity index (χ1v) is 8.68. The van der Waals surface area contributed by atoms with Gasteiger partial charge in [-0.15, -0.1) is 0 Å². The van der Waals surface area contributed by atoms with Gasteiger partial charge < -0.3 is 0 Å². The summed E-state index contributed by atoms with van der Waals surface area (Å²) in [6.07, 6.45) is 2.34. The number of sulfone groups is 1. The molecule has 2 aliphatic rings. The molecule has 1 saturated heterocycles. The van der Waals surface area contributed by atoms with E-state index in [4.69, 9.17) is 5.84 Å². The molecule has 0 aromatic carbocycles. The zero-order chi connectivity index (χ0) is 14.1. The number of alkyl halides is 2. The lowest BCUT2D eigenvalue weighted by atomic mass is 9.80. The molecule has 0 spiro atoms. The molecule has 0 bridgehead atoms. The molecule has 1 heterocycles. The fraction of sp³-hybridized carbons (Fsp3) is 1.00. The van der Waals surface area contributed by atoms with Gasteiger partial charge in [0, 0.05) is 18.9 Å². The highest BCUT2D eigenvalue weighted by molar-refractivity contribution is 7.91. The van der Waals surface area contributed by atoms with Crippen molar-refractivity contribution >= 4 is 9.84 Å². The molecule has 1 aliphatic heterocycles. The Kier molecular flexibility index (Phi) is 4.47. The first-order chi connectivity index (χ1) is 8.81. The van der Waals surface area contributed by atoms with E-state index in [0.717, 1.165) is 6.42 Å². The minimum atomic E-state index is -2.96. The van der Waals surface area contributed by atoms with Crippen molar-refractivity contribution in [3.05, 3.63) is 0 Å². The van der Waals surface area contributed by atoms with E-state index in [-0.39, 0.29) is 42.2 Å². The van der Waals surface area contributed by atoms with E-state index in [1.54, 1.807) is 0 Å². The van der Waals surface area contributed by atoms with E-state index >= 15 is 0 Å². The van der Waals surface area contributed by atoms with Gasteiger partial charge in [-0.2, -0.15) is 0 Å². The van der Waals surface area contributed by atoms with Gasteiger partial charge in [-0.25, -0.2) is 17.2 Å². The molecule has 3 unspecified atom stereocenters. The normalized spacial score (nSPS) is 35.1. The Balaban J connectivity index is 1.92. The van der Waals surface area contributed by atoms with Crippen LogP contribution in [0.5, 0.6) is 0 Å². The second kappa shape index (κ2) is 5.61. The minimum Gasteiger partial charge on any atom is -0.271 e. The van der Waals surface area contributed by atoms with E-state index in [0.29, 0.717) is 19.3 Å². The molecule has 4 nitrogen and oxygen atoms in total. The summed E-state index contributed by atoms with van der Waals surface area (Å²) >= 11 is 0. The molecule has 1 aliphatic carbocycles. The lowest BCUT2D eigenvalue weighted by Crippen LogP contribution is -2.43. The summed E-state index contributed by atoms with van der Waals surface area (Å²) in [5.74, 6) is 3.15. The van der Waals surface area contributed by atoms with E-state index in [1.807, 2.05) is 0 Å². The quantitative estimate of drug-likeness (QED) is 0.609. The van der Waals surface area contributed by atoms with Crippen LogP contribution in [0.1, 0.15) is 38.5 Å². The van der Waals surface area contributed by atoms with Gasteiger partial charge in [-0.1, -0.05) is 0 Å². The fourth-order valence-corrected chi connectivity index (χ4v) is 5.25. The number of halogens is 2. The van der Waals surface area contributed by atoms with E-state index in [9.17, 15) is 17.2 Å². The molecule has 112 valence electrons. The van der Waals surface area contributed by atoms with Gasteiger partial charge in [0.05, 0.1) is 11.5 Å². The Bertz CT molecular complexity index is 414. The largest absolute Gasteiger partial charge is 0.271 e. The number of hydrazine groups is 1. The third-order valence-electron chi connectivity index (χ3n) is 4.38. The summed E-state index contributed by atoms with van der Waals surface area (Å²) < 4.78 is 49.7. The third-order valence-corrected chi connectivity index (χ3v) is 6.17. The Hall–Kier alpha value is -0.270. The van der Waals surface area contributed by atoms with Gasteiger partial charge in [-0.05, 0) is 37.5 Å². The zero-order valence-corrected chi connectivity index (χ0v) is 11.8. The maximum Gasteiger partial charge on any atom is 0.248 e. The molecule has 0 amide bonds. The van der Waals surface area contributed by atoms with Crippen molar-refractivity contribution in [1.82, 2.24) is 5.43 Å². The van der Waals surface area contributed by atoms with Gasteiger partial charge in [0.1, 0.15) is 0 Å². The fourth-order valence-electron chi connectivity index (χ4n) is 3.37. The molecule has 2 fully saturated rings. The maximum atomic E-state index is 13.4. The summed E-state index contributed by atoms with van der Waals surface area (Å²) in [6, 6.07) is -0.170. The Morgan fingerprint density at radius 3 is 2.63 bits per heavy atom. The number of nitrogens with one attached hydrogen (secondary N) is 1. The minimum absolute atomic E-state index is 0.0258. The second-order valence-electron chi connectivity index (χ2n) is 5.99. The third kappa shape index (κ3) is 4.10. The van der Waals surface area contributed by atoms with Gasteiger partial charge in [0.2, 0.25) is 5.92 Å². The van der Waals surface area contributed by atoms with Crippen LogP contribution in [-0.4, -0.2) is 31.9 Å². The summed E-state index contributed by atoms with van der Waals surface area (Å²) in [5, 5.41) is 0. The Morgan fingerprint density at radius 1 is 1.37 bits per heavy atom. The second-order valence-corrected chi connectivity index (χ2v) is 8.22. The molecular formula is C12H22F2N2O2S. The number of hydrogen-bond donors (Lipinski definition) is 2.